The van der Waals surface area contributed by atoms with Gasteiger partial charge in [-0.3, -0.25) is 0 Å². The van der Waals surface area contributed by atoms with Crippen LogP contribution in [-0.2, 0) is 10.8 Å². The van der Waals surface area contributed by atoms with Crippen molar-refractivity contribution in [2.75, 3.05) is 9.80 Å². The Hall–Kier alpha value is -9.16. The van der Waals surface area contributed by atoms with Gasteiger partial charge in [-0.25, -0.2) is 0 Å². The molecule has 0 atom stereocenters. The zero-order valence-corrected chi connectivity index (χ0v) is 42.1. The lowest BCUT2D eigenvalue weighted by Crippen LogP contribution is -2.16. The van der Waals surface area contributed by atoms with E-state index in [1.54, 1.807) is 0 Å². The van der Waals surface area contributed by atoms with Gasteiger partial charge >= 0.3 is 0 Å². The zero-order chi connectivity index (χ0) is 50.0. The van der Waals surface area contributed by atoms with E-state index in [4.69, 9.17) is 0 Å². The standard InChI is InChI=1S/C72H54N2/c1-71(2)67-26-16-14-24-63(67)65-47-60(40-42-69(65)71)74(61-41-43-70-66(48-61)64-25-15-17-27-68(64)72(70,3)4)59-38-32-54(33-39-59)53-30-36-58(37-31-53)73(57-34-28-52(29-35-57)49-18-8-5-9-19-49)62-45-55(50-20-10-6-11-21-50)44-56(46-62)51-22-12-7-13-23-51/h5-16,18-26,28-48H,1-4H3. The molecule has 0 spiro atoms. The summed E-state index contributed by atoms with van der Waals surface area (Å²) in [7, 11) is 0. The molecule has 11 aromatic carbocycles. The Kier molecular flexibility index (Phi) is 10.8. The van der Waals surface area contributed by atoms with Crippen LogP contribution in [0.1, 0.15) is 49.9 Å². The molecular formula is C72H54N2. The molecule has 2 aliphatic carbocycles. The number of anilines is 6. The molecule has 2 nitrogen and oxygen atoms in total. The van der Waals surface area contributed by atoms with Gasteiger partial charge in [-0.1, -0.05) is 204 Å². The molecule has 2 heteroatoms. The van der Waals surface area contributed by atoms with Crippen LogP contribution in [0.5, 0.6) is 0 Å². The SMILES string of the molecule is CC1(C)c2c#cccc2-c2cc(N(c3ccc(-c4ccc(N(c5ccc(-c6ccccc6)cc5)c5cc(-c6ccccc6)cc(-c6ccccc6)c5)cc4)cc3)c3ccc4c(c3)-c3ccccc3C4(C)C)ccc21. The van der Waals surface area contributed by atoms with Gasteiger partial charge in [0.05, 0.1) is 0 Å². The molecule has 352 valence electrons. The largest absolute Gasteiger partial charge is 0.310 e. The molecule has 0 radical (unpaired) electrons. The summed E-state index contributed by atoms with van der Waals surface area (Å²) in [6.07, 6.45) is 0. The highest BCUT2D eigenvalue weighted by atomic mass is 15.1. The summed E-state index contributed by atoms with van der Waals surface area (Å²) >= 11 is 0. The summed E-state index contributed by atoms with van der Waals surface area (Å²) in [5, 5.41) is 0. The van der Waals surface area contributed by atoms with Gasteiger partial charge in [0.25, 0.3) is 0 Å². The average Bonchev–Trinajstić information content (AvgIpc) is 3.86. The van der Waals surface area contributed by atoms with Crippen molar-refractivity contribution in [3.63, 3.8) is 0 Å². The Morgan fingerprint density at radius 2 is 0.649 bits per heavy atom. The Labute approximate surface area is 436 Å². The van der Waals surface area contributed by atoms with E-state index in [0.717, 1.165) is 56.4 Å². The van der Waals surface area contributed by atoms with Gasteiger partial charge in [0.2, 0.25) is 0 Å². The Balaban J connectivity index is 0.895. The van der Waals surface area contributed by atoms with Gasteiger partial charge in [-0.2, -0.15) is 0 Å². The Bertz CT molecular complexity index is 3690. The summed E-state index contributed by atoms with van der Waals surface area (Å²) in [5.74, 6) is 0. The molecule has 0 aliphatic heterocycles. The minimum Gasteiger partial charge on any atom is -0.310 e. The van der Waals surface area contributed by atoms with Gasteiger partial charge in [0, 0.05) is 50.5 Å². The second-order valence-corrected chi connectivity index (χ2v) is 20.8. The fourth-order valence-corrected chi connectivity index (χ4v) is 11.8. The molecule has 0 unspecified atom stereocenters. The fourth-order valence-electron chi connectivity index (χ4n) is 11.8. The van der Waals surface area contributed by atoms with E-state index in [1.165, 1.54) is 66.8 Å². The van der Waals surface area contributed by atoms with Gasteiger partial charge in [0.1, 0.15) is 0 Å². The maximum Gasteiger partial charge on any atom is 0.0473 e. The maximum atomic E-state index is 3.47. The van der Waals surface area contributed by atoms with Crippen molar-refractivity contribution in [3.05, 3.63) is 289 Å². The third-order valence-electron chi connectivity index (χ3n) is 15.7. The lowest BCUT2D eigenvalue weighted by atomic mass is 9.82. The molecule has 0 N–H and O–H groups in total. The van der Waals surface area contributed by atoms with E-state index in [1.807, 2.05) is 6.07 Å². The van der Waals surface area contributed by atoms with Crippen LogP contribution in [0.2, 0.25) is 0 Å². The topological polar surface area (TPSA) is 6.48 Å². The molecule has 74 heavy (non-hydrogen) atoms. The van der Waals surface area contributed by atoms with Crippen LogP contribution in [-0.4, -0.2) is 0 Å². The highest BCUT2D eigenvalue weighted by Crippen LogP contribution is 2.53. The molecule has 0 heterocycles. The second kappa shape index (κ2) is 17.9. The van der Waals surface area contributed by atoms with Gasteiger partial charge in [-0.15, -0.1) is 0 Å². The number of nitrogens with zero attached hydrogens (tertiary/aromatic N) is 2. The third-order valence-corrected chi connectivity index (χ3v) is 15.7. The third kappa shape index (κ3) is 7.68. The minimum absolute atomic E-state index is 0.0792. The van der Waals surface area contributed by atoms with Crippen LogP contribution in [0.3, 0.4) is 0 Å². The number of rotatable bonds is 10. The van der Waals surface area contributed by atoms with Gasteiger partial charge in [0.15, 0.2) is 0 Å². The molecule has 0 fully saturated rings. The summed E-state index contributed by atoms with van der Waals surface area (Å²) < 4.78 is 0. The molecule has 11 aromatic rings. The second-order valence-electron chi connectivity index (χ2n) is 20.8. The van der Waals surface area contributed by atoms with Gasteiger partial charge in [-0.05, 0) is 174 Å². The molecule has 0 bridgehead atoms. The fraction of sp³-hybridized carbons (Fsp3) is 0.0833. The van der Waals surface area contributed by atoms with Crippen LogP contribution in [0.25, 0.3) is 66.8 Å². The number of benzene rings is 10. The normalized spacial score (nSPS) is 13.2. The summed E-state index contributed by atoms with van der Waals surface area (Å²) in [4.78, 5) is 4.82. The first kappa shape index (κ1) is 44.8. The van der Waals surface area contributed by atoms with Crippen molar-refractivity contribution in [2.24, 2.45) is 0 Å². The Morgan fingerprint density at radius 3 is 1.15 bits per heavy atom. The van der Waals surface area contributed by atoms with E-state index in [-0.39, 0.29) is 10.8 Å². The lowest BCUT2D eigenvalue weighted by molar-refractivity contribution is 0.660. The first-order valence-corrected chi connectivity index (χ1v) is 25.7. The van der Waals surface area contributed by atoms with E-state index in [0.29, 0.717) is 0 Å². The zero-order valence-electron chi connectivity index (χ0n) is 42.1. The monoisotopic (exact) mass is 946 g/mol. The number of hydrogen-bond donors (Lipinski definition) is 0. The van der Waals surface area contributed by atoms with Crippen LogP contribution >= 0.6 is 0 Å². The summed E-state index contributed by atoms with van der Waals surface area (Å²) in [6.45, 7) is 9.30. The van der Waals surface area contributed by atoms with Gasteiger partial charge < -0.3 is 9.80 Å². The van der Waals surface area contributed by atoms with Crippen molar-refractivity contribution in [2.45, 2.75) is 38.5 Å². The predicted octanol–water partition coefficient (Wildman–Crippen LogP) is 19.5. The van der Waals surface area contributed by atoms with E-state index in [9.17, 15) is 0 Å². The summed E-state index contributed by atoms with van der Waals surface area (Å²) in [6, 6.07) is 100.0. The smallest absolute Gasteiger partial charge is 0.0473 e. The van der Waals surface area contributed by atoms with Crippen molar-refractivity contribution in [1.29, 1.82) is 0 Å². The van der Waals surface area contributed by atoms with Crippen LogP contribution < -0.4 is 9.80 Å². The Morgan fingerprint density at radius 1 is 0.270 bits per heavy atom. The predicted molar refractivity (Wildman–Crippen MR) is 310 cm³/mol. The lowest BCUT2D eigenvalue weighted by Gasteiger charge is -2.28. The van der Waals surface area contributed by atoms with Crippen molar-refractivity contribution in [3.8, 4) is 66.8 Å². The highest BCUT2D eigenvalue weighted by Gasteiger charge is 2.38. The number of hydrogen-bond acceptors (Lipinski definition) is 2. The number of fused-ring (bicyclic) bond motifs is 6. The quantitative estimate of drug-likeness (QED) is 0.135. The van der Waals surface area contributed by atoms with E-state index >= 15 is 0 Å². The van der Waals surface area contributed by atoms with Crippen molar-refractivity contribution >= 4 is 34.1 Å². The van der Waals surface area contributed by atoms with Crippen molar-refractivity contribution < 1.29 is 0 Å². The minimum atomic E-state index is -0.160. The molecule has 0 saturated heterocycles. The molecule has 0 aromatic heterocycles. The molecular weight excluding hydrogens is 893 g/mol. The van der Waals surface area contributed by atoms with E-state index < -0.39 is 0 Å². The molecule has 2 aliphatic rings. The van der Waals surface area contributed by atoms with Crippen LogP contribution in [0, 0.1) is 12.1 Å². The first-order valence-electron chi connectivity index (χ1n) is 25.7. The summed E-state index contributed by atoms with van der Waals surface area (Å²) in [5.41, 5.74) is 26.1. The molecule has 0 saturated carbocycles. The van der Waals surface area contributed by atoms with Crippen LogP contribution in [0.15, 0.2) is 255 Å². The molecule has 13 rings (SSSR count). The first-order chi connectivity index (χ1) is 36.2. The van der Waals surface area contributed by atoms with E-state index in [2.05, 4.69) is 298 Å². The highest BCUT2D eigenvalue weighted by molar-refractivity contribution is 5.91. The average molecular weight is 947 g/mol. The van der Waals surface area contributed by atoms with Crippen LogP contribution in [0.4, 0.5) is 34.1 Å². The van der Waals surface area contributed by atoms with Crippen molar-refractivity contribution in [1.82, 2.24) is 0 Å². The maximum absolute atomic E-state index is 3.47. The molecule has 0 amide bonds.